The van der Waals surface area contributed by atoms with Crippen molar-refractivity contribution >= 4 is 12.1 Å². The van der Waals surface area contributed by atoms with Crippen molar-refractivity contribution in [2.45, 2.75) is 38.3 Å². The summed E-state index contributed by atoms with van der Waals surface area (Å²) in [5.74, 6) is 0.722. The monoisotopic (exact) mass is 366 g/mol. The molecule has 27 heavy (non-hydrogen) atoms. The highest BCUT2D eigenvalue weighted by Crippen LogP contribution is 2.24. The first kappa shape index (κ1) is 19.1. The number of unbranched alkanes of at least 4 members (excludes halogenated alkanes) is 1. The number of benzene rings is 2. The van der Waals surface area contributed by atoms with Crippen LogP contribution in [0.25, 0.3) is 0 Å². The van der Waals surface area contributed by atoms with Gasteiger partial charge < -0.3 is 4.74 Å². The van der Waals surface area contributed by atoms with Gasteiger partial charge in [0.15, 0.2) is 0 Å². The van der Waals surface area contributed by atoms with Crippen molar-refractivity contribution in [2.75, 3.05) is 6.61 Å². The minimum Gasteiger partial charge on any atom is -0.494 e. The van der Waals surface area contributed by atoms with Gasteiger partial charge in [-0.05, 0) is 36.1 Å². The van der Waals surface area contributed by atoms with E-state index in [4.69, 9.17) is 4.74 Å². The number of carbonyl (C=O) groups is 1. The number of carbonyl (C=O) groups excluding carboxylic acids is 1. The van der Waals surface area contributed by atoms with E-state index < -0.39 is 0 Å². The number of amides is 1. The van der Waals surface area contributed by atoms with E-state index in [1.165, 1.54) is 0 Å². The molecule has 2 aromatic rings. The van der Waals surface area contributed by atoms with Crippen LogP contribution in [0.15, 0.2) is 59.7 Å². The third-order valence-corrected chi connectivity index (χ3v) is 4.46. The Kier molecular flexibility index (Phi) is 6.96. The maximum absolute atomic E-state index is 12.3. The molecular formula is C21H26N4O2. The van der Waals surface area contributed by atoms with Crippen LogP contribution in [0, 0.1) is 0 Å². The van der Waals surface area contributed by atoms with Crippen LogP contribution in [0.3, 0.4) is 0 Å². The summed E-state index contributed by atoms with van der Waals surface area (Å²) < 4.78 is 5.69. The van der Waals surface area contributed by atoms with E-state index in [1.807, 2.05) is 54.6 Å². The second-order valence-electron chi connectivity index (χ2n) is 6.55. The molecule has 2 atom stereocenters. The van der Waals surface area contributed by atoms with Crippen molar-refractivity contribution in [3.63, 3.8) is 0 Å². The molecule has 3 N–H and O–H groups in total. The average Bonchev–Trinajstić information content (AvgIpc) is 3.20. The van der Waals surface area contributed by atoms with Gasteiger partial charge in [0.1, 0.15) is 11.8 Å². The molecule has 0 spiro atoms. The van der Waals surface area contributed by atoms with Crippen LogP contribution in [0.4, 0.5) is 0 Å². The Morgan fingerprint density at radius 2 is 1.96 bits per heavy atom. The van der Waals surface area contributed by atoms with Gasteiger partial charge >= 0.3 is 0 Å². The van der Waals surface area contributed by atoms with E-state index in [0.29, 0.717) is 6.42 Å². The maximum atomic E-state index is 12.3. The molecule has 1 heterocycles. The summed E-state index contributed by atoms with van der Waals surface area (Å²) >= 11 is 0. The summed E-state index contributed by atoms with van der Waals surface area (Å²) in [5, 5.41) is 4.02. The lowest BCUT2D eigenvalue weighted by Gasteiger charge is -2.11. The van der Waals surface area contributed by atoms with Crippen molar-refractivity contribution in [2.24, 2.45) is 5.10 Å². The zero-order valence-corrected chi connectivity index (χ0v) is 15.5. The minimum absolute atomic E-state index is 0.0727. The number of hydrazone groups is 1. The predicted molar refractivity (Wildman–Crippen MR) is 106 cm³/mol. The summed E-state index contributed by atoms with van der Waals surface area (Å²) in [4.78, 5) is 12.3. The number of rotatable bonds is 8. The fourth-order valence-electron chi connectivity index (χ4n) is 2.86. The highest BCUT2D eigenvalue weighted by molar-refractivity contribution is 5.85. The topological polar surface area (TPSA) is 74.8 Å². The Balaban J connectivity index is 1.47. The molecule has 0 aliphatic carbocycles. The van der Waals surface area contributed by atoms with Gasteiger partial charge in [0, 0.05) is 6.04 Å². The van der Waals surface area contributed by atoms with Crippen molar-refractivity contribution in [1.82, 2.24) is 16.3 Å². The van der Waals surface area contributed by atoms with Gasteiger partial charge in [-0.15, -0.1) is 0 Å². The largest absolute Gasteiger partial charge is 0.494 e. The maximum Gasteiger partial charge on any atom is 0.258 e. The molecule has 1 saturated heterocycles. The number of nitrogens with one attached hydrogen (secondary N) is 3. The van der Waals surface area contributed by atoms with Crippen molar-refractivity contribution < 1.29 is 9.53 Å². The third-order valence-electron chi connectivity index (χ3n) is 4.46. The molecule has 0 radical (unpaired) electrons. The predicted octanol–water partition coefficient (Wildman–Crippen LogP) is 2.92. The number of hydrogen-bond donors (Lipinski definition) is 3. The summed E-state index contributed by atoms with van der Waals surface area (Å²) in [6, 6.07) is 17.4. The highest BCUT2D eigenvalue weighted by Gasteiger charge is 2.29. The smallest absolute Gasteiger partial charge is 0.258 e. The summed E-state index contributed by atoms with van der Waals surface area (Å²) in [6.45, 7) is 2.88. The average molecular weight is 366 g/mol. The zero-order chi connectivity index (χ0) is 18.9. The molecule has 1 amide bonds. The fourth-order valence-corrected chi connectivity index (χ4v) is 2.86. The zero-order valence-electron chi connectivity index (χ0n) is 15.5. The molecule has 2 aromatic carbocycles. The van der Waals surface area contributed by atoms with E-state index in [2.05, 4.69) is 28.3 Å². The third kappa shape index (κ3) is 5.64. The van der Waals surface area contributed by atoms with E-state index in [9.17, 15) is 4.79 Å². The van der Waals surface area contributed by atoms with E-state index in [0.717, 1.165) is 36.3 Å². The van der Waals surface area contributed by atoms with Crippen LogP contribution in [-0.4, -0.2) is 24.8 Å². The second kappa shape index (κ2) is 9.85. The first-order valence-corrected chi connectivity index (χ1v) is 9.38. The molecule has 1 aliphatic rings. The molecule has 1 fully saturated rings. The van der Waals surface area contributed by atoms with Crippen LogP contribution < -0.4 is 21.0 Å². The van der Waals surface area contributed by atoms with Crippen LogP contribution in [0.1, 0.15) is 43.4 Å². The van der Waals surface area contributed by atoms with Gasteiger partial charge in [-0.2, -0.15) is 5.10 Å². The Hall–Kier alpha value is -2.70. The number of hydrazine groups is 1. The molecule has 3 rings (SSSR count). The first-order valence-electron chi connectivity index (χ1n) is 9.38. The fraction of sp³-hybridized carbons (Fsp3) is 0.333. The molecule has 0 bridgehead atoms. The van der Waals surface area contributed by atoms with Gasteiger partial charge in [-0.25, -0.2) is 16.3 Å². The number of ether oxygens (including phenoxy) is 1. The van der Waals surface area contributed by atoms with Crippen molar-refractivity contribution in [1.29, 1.82) is 0 Å². The quantitative estimate of drug-likeness (QED) is 0.381. The van der Waals surface area contributed by atoms with Crippen LogP contribution in [0.2, 0.25) is 0 Å². The van der Waals surface area contributed by atoms with Gasteiger partial charge in [0.05, 0.1) is 12.8 Å². The molecular weight excluding hydrogens is 340 g/mol. The highest BCUT2D eigenvalue weighted by atomic mass is 16.5. The van der Waals surface area contributed by atoms with Gasteiger partial charge in [-0.3, -0.25) is 4.79 Å². The van der Waals surface area contributed by atoms with Crippen LogP contribution in [0.5, 0.6) is 5.75 Å². The Morgan fingerprint density at radius 1 is 1.19 bits per heavy atom. The van der Waals surface area contributed by atoms with Gasteiger partial charge in [0.2, 0.25) is 0 Å². The van der Waals surface area contributed by atoms with Gasteiger partial charge in [0.25, 0.3) is 5.91 Å². The molecule has 1 aliphatic heterocycles. The molecule has 2 unspecified atom stereocenters. The molecule has 142 valence electrons. The van der Waals surface area contributed by atoms with Crippen molar-refractivity contribution in [3.8, 4) is 5.75 Å². The van der Waals surface area contributed by atoms with Crippen LogP contribution in [-0.2, 0) is 4.79 Å². The first-order chi connectivity index (χ1) is 13.3. The molecule has 6 nitrogen and oxygen atoms in total. The molecule has 6 heteroatoms. The second-order valence-corrected chi connectivity index (χ2v) is 6.55. The lowest BCUT2D eigenvalue weighted by Crippen LogP contribution is -2.41. The minimum atomic E-state index is -0.330. The summed E-state index contributed by atoms with van der Waals surface area (Å²) in [6.07, 6.45) is 4.46. The Labute approximate surface area is 160 Å². The molecule has 0 aromatic heterocycles. The SMILES string of the molecule is CCCCOc1ccc(C2CC(C(=O)N/N=C/c3ccccc3)NN2)cc1. The molecule has 0 saturated carbocycles. The number of hydrogen-bond acceptors (Lipinski definition) is 5. The summed E-state index contributed by atoms with van der Waals surface area (Å²) in [5.41, 5.74) is 10.9. The normalized spacial score (nSPS) is 19.3. The van der Waals surface area contributed by atoms with Gasteiger partial charge in [-0.1, -0.05) is 55.8 Å². The van der Waals surface area contributed by atoms with Crippen molar-refractivity contribution in [3.05, 3.63) is 65.7 Å². The van der Waals surface area contributed by atoms with E-state index >= 15 is 0 Å². The Bertz CT molecular complexity index is 747. The summed E-state index contributed by atoms with van der Waals surface area (Å²) in [7, 11) is 0. The number of nitrogens with zero attached hydrogens (tertiary/aromatic N) is 1. The lowest BCUT2D eigenvalue weighted by molar-refractivity contribution is -0.122. The van der Waals surface area contributed by atoms with E-state index in [1.54, 1.807) is 6.21 Å². The Morgan fingerprint density at radius 3 is 2.70 bits per heavy atom. The van der Waals surface area contributed by atoms with E-state index in [-0.39, 0.29) is 18.0 Å². The van der Waals surface area contributed by atoms with Crippen LogP contribution >= 0.6 is 0 Å². The standard InChI is InChI=1S/C21H26N4O2/c1-2-3-13-27-18-11-9-17(10-12-18)19-14-20(24-23-19)21(26)25-22-15-16-7-5-4-6-8-16/h4-12,15,19-20,23-24H,2-3,13-14H2,1H3,(H,25,26)/b22-15+. The lowest BCUT2D eigenvalue weighted by atomic mass is 10.0.